The van der Waals surface area contributed by atoms with Crippen molar-refractivity contribution >= 4 is 0 Å². The molecule has 0 radical (unpaired) electrons. The van der Waals surface area contributed by atoms with Crippen molar-refractivity contribution in [2.75, 3.05) is 6.61 Å². The second kappa shape index (κ2) is 4.95. The molecule has 2 aliphatic rings. The molecule has 0 amide bonds. The first kappa shape index (κ1) is 12.1. The molecule has 2 bridgehead atoms. The largest absolute Gasteiger partial charge is 0.387 e. The lowest BCUT2D eigenvalue weighted by Crippen LogP contribution is -2.54. The van der Waals surface area contributed by atoms with Crippen molar-refractivity contribution in [3.8, 4) is 0 Å². The number of benzene rings is 1. The Morgan fingerprint density at radius 3 is 2.72 bits per heavy atom. The monoisotopic (exact) mass is 252 g/mol. The zero-order valence-electron chi connectivity index (χ0n) is 9.81. The van der Waals surface area contributed by atoms with Gasteiger partial charge in [0.05, 0.1) is 13.2 Å². The van der Waals surface area contributed by atoms with Crippen molar-refractivity contribution in [1.82, 2.24) is 0 Å². The minimum absolute atomic E-state index is 0.308. The summed E-state index contributed by atoms with van der Waals surface area (Å²) in [5.74, 6) is 0. The predicted molar refractivity (Wildman–Crippen MR) is 61.6 cm³/mol. The fraction of sp³-hybridized carbons (Fsp3) is 0.538. The maximum Gasteiger partial charge on any atom is 0.186 e. The first-order chi connectivity index (χ1) is 8.75. The van der Waals surface area contributed by atoms with Crippen molar-refractivity contribution in [2.24, 2.45) is 0 Å². The van der Waals surface area contributed by atoms with E-state index in [1.165, 1.54) is 0 Å². The molecule has 1 aromatic carbocycles. The summed E-state index contributed by atoms with van der Waals surface area (Å²) in [6.07, 6.45) is -3.61. The Morgan fingerprint density at radius 1 is 1.17 bits per heavy atom. The van der Waals surface area contributed by atoms with Gasteiger partial charge in [-0.2, -0.15) is 0 Å². The molecule has 1 aromatic rings. The Labute approximate surface area is 105 Å². The number of hydrogen-bond acceptors (Lipinski definition) is 5. The third-order valence-electron chi connectivity index (χ3n) is 3.35. The molecule has 2 heterocycles. The number of hydrogen-bond donors (Lipinski definition) is 2. The van der Waals surface area contributed by atoms with Crippen LogP contribution in [0.3, 0.4) is 0 Å². The van der Waals surface area contributed by atoms with Gasteiger partial charge in [0.1, 0.15) is 24.4 Å². The van der Waals surface area contributed by atoms with E-state index in [1.807, 2.05) is 30.3 Å². The van der Waals surface area contributed by atoms with Gasteiger partial charge in [-0.3, -0.25) is 0 Å². The van der Waals surface area contributed by atoms with Gasteiger partial charge >= 0.3 is 0 Å². The van der Waals surface area contributed by atoms with E-state index in [2.05, 4.69) is 0 Å². The minimum atomic E-state index is -1.05. The third kappa shape index (κ3) is 2.15. The summed E-state index contributed by atoms with van der Waals surface area (Å²) in [4.78, 5) is 0. The average molecular weight is 252 g/mol. The van der Waals surface area contributed by atoms with Gasteiger partial charge in [0, 0.05) is 0 Å². The van der Waals surface area contributed by atoms with E-state index in [0.29, 0.717) is 13.2 Å². The van der Waals surface area contributed by atoms with Crippen molar-refractivity contribution in [2.45, 2.75) is 37.3 Å². The van der Waals surface area contributed by atoms with Gasteiger partial charge in [-0.15, -0.1) is 0 Å². The quantitative estimate of drug-likeness (QED) is 0.795. The molecule has 2 saturated heterocycles. The third-order valence-corrected chi connectivity index (χ3v) is 3.35. The van der Waals surface area contributed by atoms with Gasteiger partial charge in [0.15, 0.2) is 6.29 Å². The van der Waals surface area contributed by atoms with E-state index in [-0.39, 0.29) is 6.10 Å². The summed E-state index contributed by atoms with van der Waals surface area (Å²) in [6.45, 7) is 0.720. The smallest absolute Gasteiger partial charge is 0.186 e. The summed E-state index contributed by atoms with van der Waals surface area (Å²) >= 11 is 0. The molecule has 3 rings (SSSR count). The van der Waals surface area contributed by atoms with Gasteiger partial charge < -0.3 is 24.4 Å². The topological polar surface area (TPSA) is 68.2 Å². The van der Waals surface area contributed by atoms with Crippen LogP contribution in [0.5, 0.6) is 0 Å². The molecular weight excluding hydrogens is 236 g/mol. The fourth-order valence-corrected chi connectivity index (χ4v) is 2.34. The summed E-state index contributed by atoms with van der Waals surface area (Å²) in [5, 5.41) is 19.7. The van der Waals surface area contributed by atoms with Gasteiger partial charge in [0.2, 0.25) is 0 Å². The number of rotatable bonds is 3. The molecule has 5 atom stereocenters. The van der Waals surface area contributed by atoms with Crippen molar-refractivity contribution in [3.05, 3.63) is 35.9 Å². The molecule has 0 aromatic heterocycles. The van der Waals surface area contributed by atoms with Gasteiger partial charge in [-0.05, 0) is 5.56 Å². The van der Waals surface area contributed by atoms with E-state index < -0.39 is 24.6 Å². The second-order valence-electron chi connectivity index (χ2n) is 4.62. The molecule has 1 unspecified atom stereocenters. The highest BCUT2D eigenvalue weighted by Gasteiger charge is 2.50. The molecule has 98 valence electrons. The van der Waals surface area contributed by atoms with E-state index in [1.54, 1.807) is 0 Å². The van der Waals surface area contributed by atoms with Crippen LogP contribution in [0.1, 0.15) is 5.56 Å². The molecule has 0 aliphatic carbocycles. The summed E-state index contributed by atoms with van der Waals surface area (Å²) in [6, 6.07) is 9.67. The normalized spacial score (nSPS) is 38.9. The molecule has 2 aliphatic heterocycles. The Kier molecular flexibility index (Phi) is 3.32. The number of aliphatic hydroxyl groups is 2. The Balaban J connectivity index is 1.65. The standard InChI is InChI=1S/C13H16O5/c14-10-11(15)13-17-7-9(18-13)12(10)16-6-8-4-2-1-3-5-8/h1-5,9-15H,6-7H2/t9-,10-,11-,12-,13?/m1/s1. The Hall–Kier alpha value is -0.980. The van der Waals surface area contributed by atoms with Crippen LogP contribution < -0.4 is 0 Å². The lowest BCUT2D eigenvalue weighted by atomic mass is 10.0. The van der Waals surface area contributed by atoms with Crippen LogP contribution in [0.2, 0.25) is 0 Å². The lowest BCUT2D eigenvalue weighted by Gasteiger charge is -2.35. The van der Waals surface area contributed by atoms with Crippen molar-refractivity contribution < 1.29 is 24.4 Å². The van der Waals surface area contributed by atoms with Gasteiger partial charge in [-0.25, -0.2) is 0 Å². The second-order valence-corrected chi connectivity index (χ2v) is 4.62. The van der Waals surface area contributed by atoms with Gasteiger partial charge in [-0.1, -0.05) is 30.3 Å². The molecule has 2 N–H and O–H groups in total. The minimum Gasteiger partial charge on any atom is -0.387 e. The van der Waals surface area contributed by atoms with Crippen LogP contribution >= 0.6 is 0 Å². The summed E-state index contributed by atoms with van der Waals surface area (Å²) in [5.41, 5.74) is 1.01. The van der Waals surface area contributed by atoms with Crippen LogP contribution in [-0.2, 0) is 20.8 Å². The van der Waals surface area contributed by atoms with Crippen LogP contribution in [0.4, 0.5) is 0 Å². The fourth-order valence-electron chi connectivity index (χ4n) is 2.34. The molecule has 0 saturated carbocycles. The zero-order valence-corrected chi connectivity index (χ0v) is 9.81. The number of ether oxygens (including phenoxy) is 3. The average Bonchev–Trinajstić information content (AvgIpc) is 2.84. The summed E-state index contributed by atoms with van der Waals surface area (Å²) < 4.78 is 16.3. The highest BCUT2D eigenvalue weighted by Crippen LogP contribution is 2.30. The van der Waals surface area contributed by atoms with E-state index >= 15 is 0 Å². The highest BCUT2D eigenvalue weighted by molar-refractivity contribution is 5.13. The van der Waals surface area contributed by atoms with Crippen molar-refractivity contribution in [3.63, 3.8) is 0 Å². The first-order valence-electron chi connectivity index (χ1n) is 6.04. The molecule has 2 fully saturated rings. The highest BCUT2D eigenvalue weighted by atomic mass is 16.7. The molecule has 5 heteroatoms. The molecule has 0 spiro atoms. The van der Waals surface area contributed by atoms with E-state index in [4.69, 9.17) is 14.2 Å². The molecular formula is C13H16O5. The van der Waals surface area contributed by atoms with Crippen LogP contribution in [-0.4, -0.2) is 47.5 Å². The van der Waals surface area contributed by atoms with Gasteiger partial charge in [0.25, 0.3) is 0 Å². The number of fused-ring (bicyclic) bond motifs is 2. The Bertz CT molecular complexity index is 396. The molecule has 18 heavy (non-hydrogen) atoms. The predicted octanol–water partition coefficient (Wildman–Crippen LogP) is 0.0487. The molecule has 5 nitrogen and oxygen atoms in total. The SMILES string of the molecule is O[C@H]1[C@H](OCc2ccccc2)[C@H]2COC(O2)[C@@H]1O. The van der Waals surface area contributed by atoms with Crippen LogP contribution in [0, 0.1) is 0 Å². The summed E-state index contributed by atoms with van der Waals surface area (Å²) in [7, 11) is 0. The lowest BCUT2D eigenvalue weighted by molar-refractivity contribution is -0.240. The van der Waals surface area contributed by atoms with Crippen LogP contribution in [0.15, 0.2) is 30.3 Å². The first-order valence-corrected chi connectivity index (χ1v) is 6.04. The zero-order chi connectivity index (χ0) is 12.5. The number of aliphatic hydroxyl groups excluding tert-OH is 2. The van der Waals surface area contributed by atoms with E-state index in [0.717, 1.165) is 5.56 Å². The maximum atomic E-state index is 9.96. The maximum absolute atomic E-state index is 9.96. The van der Waals surface area contributed by atoms with E-state index in [9.17, 15) is 10.2 Å². The Morgan fingerprint density at radius 2 is 1.94 bits per heavy atom. The van der Waals surface area contributed by atoms with Crippen LogP contribution in [0.25, 0.3) is 0 Å². The van der Waals surface area contributed by atoms with Crippen molar-refractivity contribution in [1.29, 1.82) is 0 Å².